The molecule has 0 saturated heterocycles. The Morgan fingerprint density at radius 3 is 2.62 bits per heavy atom. The van der Waals surface area contributed by atoms with E-state index < -0.39 is 0 Å². The van der Waals surface area contributed by atoms with Crippen molar-refractivity contribution < 1.29 is 14.3 Å². The summed E-state index contributed by atoms with van der Waals surface area (Å²) < 4.78 is 10.6. The smallest absolute Gasteiger partial charge is 0.276 e. The van der Waals surface area contributed by atoms with Gasteiger partial charge in [-0.2, -0.15) is 0 Å². The second kappa shape index (κ2) is 7.79. The largest absolute Gasteiger partial charge is 0.454 e. The first kappa shape index (κ1) is 18.7. The first-order valence-corrected chi connectivity index (χ1v) is 9.42. The number of carbonyl (C=O) groups is 1. The summed E-state index contributed by atoms with van der Waals surface area (Å²) in [6.45, 7) is 6.53. The van der Waals surface area contributed by atoms with Crippen molar-refractivity contribution in [2.24, 2.45) is 0 Å². The Bertz CT molecular complexity index is 1050. The second-order valence-electron chi connectivity index (χ2n) is 7.14. The molecular formula is C22H22N4O3. The van der Waals surface area contributed by atoms with Gasteiger partial charge in [-0.15, -0.1) is 10.2 Å². The molecule has 1 aromatic heterocycles. The Morgan fingerprint density at radius 2 is 1.86 bits per heavy atom. The highest BCUT2D eigenvalue weighted by molar-refractivity contribution is 6.03. The minimum Gasteiger partial charge on any atom is -0.454 e. The molecule has 4 rings (SSSR count). The lowest BCUT2D eigenvalue weighted by atomic mass is 9.98. The molecule has 0 atom stereocenters. The van der Waals surface area contributed by atoms with Gasteiger partial charge in [-0.1, -0.05) is 32.0 Å². The van der Waals surface area contributed by atoms with E-state index in [0.717, 1.165) is 11.3 Å². The molecule has 7 heteroatoms. The van der Waals surface area contributed by atoms with Crippen LogP contribution in [0.25, 0.3) is 0 Å². The van der Waals surface area contributed by atoms with E-state index in [1.54, 1.807) is 30.3 Å². The molecule has 0 aliphatic carbocycles. The number of ether oxygens (including phenoxy) is 2. The van der Waals surface area contributed by atoms with Gasteiger partial charge in [0.1, 0.15) is 0 Å². The molecule has 0 spiro atoms. The molecule has 3 aromatic rings. The van der Waals surface area contributed by atoms with Crippen LogP contribution < -0.4 is 20.1 Å². The lowest BCUT2D eigenvalue weighted by Gasteiger charge is -2.16. The van der Waals surface area contributed by atoms with Gasteiger partial charge in [0.25, 0.3) is 5.91 Å². The van der Waals surface area contributed by atoms with Gasteiger partial charge in [-0.3, -0.25) is 4.79 Å². The van der Waals surface area contributed by atoms with Gasteiger partial charge >= 0.3 is 0 Å². The molecule has 0 unspecified atom stereocenters. The molecule has 1 amide bonds. The number of nitrogens with one attached hydrogen (secondary N) is 2. The maximum atomic E-state index is 12.5. The number of benzene rings is 2. The highest BCUT2D eigenvalue weighted by Gasteiger charge is 2.16. The molecule has 0 radical (unpaired) electrons. The number of carbonyl (C=O) groups excluding carboxylic acids is 1. The normalized spacial score (nSPS) is 12.1. The van der Waals surface area contributed by atoms with Gasteiger partial charge < -0.3 is 20.1 Å². The zero-order chi connectivity index (χ0) is 20.4. The Hall–Kier alpha value is -3.61. The number of anilines is 3. The third-order valence-electron chi connectivity index (χ3n) is 4.71. The standard InChI is InChI=1S/C22H22N4O3/c1-13(2)16-6-4-5-14(3)21(16)24-20-10-8-17(25-26-20)22(27)23-15-7-9-18-19(11-15)29-12-28-18/h4-11,13H,12H2,1-3H3,(H,23,27)(H,24,26). The zero-order valence-corrected chi connectivity index (χ0v) is 16.5. The van der Waals surface area contributed by atoms with E-state index in [1.807, 2.05) is 6.07 Å². The van der Waals surface area contributed by atoms with Crippen LogP contribution in [0.5, 0.6) is 11.5 Å². The number of para-hydroxylation sites is 1. The maximum absolute atomic E-state index is 12.5. The molecule has 148 valence electrons. The molecule has 2 heterocycles. The van der Waals surface area contributed by atoms with Crippen LogP contribution in [-0.2, 0) is 0 Å². The number of fused-ring (bicyclic) bond motifs is 1. The molecule has 0 saturated carbocycles. The molecule has 7 nitrogen and oxygen atoms in total. The predicted octanol–water partition coefficient (Wildman–Crippen LogP) is 4.63. The third-order valence-corrected chi connectivity index (χ3v) is 4.71. The summed E-state index contributed by atoms with van der Waals surface area (Å²) in [5.41, 5.74) is 4.18. The van der Waals surface area contributed by atoms with Crippen molar-refractivity contribution in [3.63, 3.8) is 0 Å². The number of aromatic nitrogens is 2. The first-order valence-electron chi connectivity index (χ1n) is 9.42. The highest BCUT2D eigenvalue weighted by atomic mass is 16.7. The van der Waals surface area contributed by atoms with E-state index in [2.05, 4.69) is 53.7 Å². The van der Waals surface area contributed by atoms with Crippen molar-refractivity contribution in [2.75, 3.05) is 17.4 Å². The average Bonchev–Trinajstić information content (AvgIpc) is 3.17. The molecule has 1 aliphatic heterocycles. The maximum Gasteiger partial charge on any atom is 0.276 e. The summed E-state index contributed by atoms with van der Waals surface area (Å²) in [6.07, 6.45) is 0. The number of rotatable bonds is 5. The summed E-state index contributed by atoms with van der Waals surface area (Å²) in [6, 6.07) is 14.8. The number of aryl methyl sites for hydroxylation is 1. The van der Waals surface area contributed by atoms with Crippen molar-refractivity contribution in [1.29, 1.82) is 0 Å². The van der Waals surface area contributed by atoms with Crippen LogP contribution in [0, 0.1) is 6.92 Å². The van der Waals surface area contributed by atoms with Crippen molar-refractivity contribution in [3.05, 3.63) is 65.4 Å². The first-order chi connectivity index (χ1) is 14.0. The lowest BCUT2D eigenvalue weighted by Crippen LogP contribution is -2.14. The summed E-state index contributed by atoms with van der Waals surface area (Å²) >= 11 is 0. The van der Waals surface area contributed by atoms with Crippen LogP contribution in [0.2, 0.25) is 0 Å². The second-order valence-corrected chi connectivity index (χ2v) is 7.14. The van der Waals surface area contributed by atoms with E-state index in [9.17, 15) is 4.79 Å². The summed E-state index contributed by atoms with van der Waals surface area (Å²) in [5, 5.41) is 14.4. The molecule has 0 fully saturated rings. The summed E-state index contributed by atoms with van der Waals surface area (Å²) in [4.78, 5) is 12.5. The van der Waals surface area contributed by atoms with E-state index >= 15 is 0 Å². The quantitative estimate of drug-likeness (QED) is 0.660. The van der Waals surface area contributed by atoms with E-state index in [4.69, 9.17) is 9.47 Å². The van der Waals surface area contributed by atoms with Crippen molar-refractivity contribution in [2.45, 2.75) is 26.7 Å². The van der Waals surface area contributed by atoms with Crippen LogP contribution in [0.15, 0.2) is 48.5 Å². The van der Waals surface area contributed by atoms with E-state index in [-0.39, 0.29) is 18.4 Å². The fourth-order valence-corrected chi connectivity index (χ4v) is 3.16. The van der Waals surface area contributed by atoms with Crippen LogP contribution in [0.3, 0.4) is 0 Å². The highest BCUT2D eigenvalue weighted by Crippen LogP contribution is 2.34. The van der Waals surface area contributed by atoms with Crippen molar-refractivity contribution in [1.82, 2.24) is 10.2 Å². The minimum absolute atomic E-state index is 0.187. The van der Waals surface area contributed by atoms with E-state index in [1.165, 1.54) is 5.56 Å². The molecule has 1 aliphatic rings. The topological polar surface area (TPSA) is 85.4 Å². The molecule has 2 aromatic carbocycles. The lowest BCUT2D eigenvalue weighted by molar-refractivity contribution is 0.102. The van der Waals surface area contributed by atoms with Gasteiger partial charge in [0.05, 0.1) is 0 Å². The van der Waals surface area contributed by atoms with Gasteiger partial charge in [0, 0.05) is 17.4 Å². The van der Waals surface area contributed by atoms with Gasteiger partial charge in [-0.25, -0.2) is 0 Å². The fraction of sp³-hybridized carbons (Fsp3) is 0.227. The van der Waals surface area contributed by atoms with Gasteiger partial charge in [0.2, 0.25) is 6.79 Å². The summed E-state index contributed by atoms with van der Waals surface area (Å²) in [7, 11) is 0. The monoisotopic (exact) mass is 390 g/mol. The number of amides is 1. The van der Waals surface area contributed by atoms with Crippen molar-refractivity contribution >= 4 is 23.1 Å². The van der Waals surface area contributed by atoms with Crippen LogP contribution in [0.1, 0.15) is 41.4 Å². The van der Waals surface area contributed by atoms with Crippen LogP contribution >= 0.6 is 0 Å². The Balaban J connectivity index is 1.48. The number of nitrogens with zero attached hydrogens (tertiary/aromatic N) is 2. The number of hydrogen-bond acceptors (Lipinski definition) is 6. The zero-order valence-electron chi connectivity index (χ0n) is 16.5. The molecule has 2 N–H and O–H groups in total. The minimum atomic E-state index is -0.346. The van der Waals surface area contributed by atoms with Crippen LogP contribution in [0.4, 0.5) is 17.2 Å². The molecular weight excluding hydrogens is 368 g/mol. The summed E-state index contributed by atoms with van der Waals surface area (Å²) in [5.74, 6) is 1.88. The molecule has 29 heavy (non-hydrogen) atoms. The van der Waals surface area contributed by atoms with E-state index in [0.29, 0.717) is 28.9 Å². The average molecular weight is 390 g/mol. The Morgan fingerprint density at radius 1 is 1.03 bits per heavy atom. The van der Waals surface area contributed by atoms with Gasteiger partial charge in [0.15, 0.2) is 23.0 Å². The SMILES string of the molecule is Cc1cccc(C(C)C)c1Nc1ccc(C(=O)Nc2ccc3c(c2)OCO3)nn1. The third kappa shape index (κ3) is 3.99. The van der Waals surface area contributed by atoms with Crippen LogP contribution in [-0.4, -0.2) is 22.9 Å². The van der Waals surface area contributed by atoms with Crippen molar-refractivity contribution in [3.8, 4) is 11.5 Å². The van der Waals surface area contributed by atoms with Gasteiger partial charge in [-0.05, 0) is 48.2 Å². The Kier molecular flexibility index (Phi) is 5.03. The predicted molar refractivity (Wildman–Crippen MR) is 111 cm³/mol. The fourth-order valence-electron chi connectivity index (χ4n) is 3.16. The Labute approximate surface area is 169 Å². The molecule has 0 bridgehead atoms. The number of hydrogen-bond donors (Lipinski definition) is 2.